The van der Waals surface area contributed by atoms with Gasteiger partial charge in [0.25, 0.3) is 5.91 Å². The summed E-state index contributed by atoms with van der Waals surface area (Å²) >= 11 is 1.41. The highest BCUT2D eigenvalue weighted by molar-refractivity contribution is 7.17. The minimum Gasteiger partial charge on any atom is -0.462 e. The fourth-order valence-corrected chi connectivity index (χ4v) is 4.94. The molecular weight excluding hydrogens is 390 g/mol. The van der Waals surface area contributed by atoms with Crippen molar-refractivity contribution >= 4 is 34.2 Å². The molecule has 1 aromatic carbocycles. The lowest BCUT2D eigenvalue weighted by Gasteiger charge is -2.23. The first kappa shape index (κ1) is 21.0. The van der Waals surface area contributed by atoms with Crippen LogP contribution in [0.3, 0.4) is 0 Å². The highest BCUT2D eigenvalue weighted by Gasteiger charge is 2.31. The summed E-state index contributed by atoms with van der Waals surface area (Å²) in [7, 11) is 0. The number of esters is 2. The number of nitrogens with one attached hydrogen (secondary N) is 1. The quantitative estimate of drug-likeness (QED) is 0.719. The normalized spacial score (nSPS) is 16.4. The molecule has 2 unspecified atom stereocenters. The Morgan fingerprint density at radius 2 is 1.97 bits per heavy atom. The summed E-state index contributed by atoms with van der Waals surface area (Å²) in [6, 6.07) is 10.3. The van der Waals surface area contributed by atoms with Gasteiger partial charge < -0.3 is 14.8 Å². The summed E-state index contributed by atoms with van der Waals surface area (Å²) in [5.41, 5.74) is 2.66. The third-order valence-electron chi connectivity index (χ3n) is 4.96. The number of amides is 1. The van der Waals surface area contributed by atoms with Gasteiger partial charge in [0, 0.05) is 11.8 Å². The van der Waals surface area contributed by atoms with Crippen LogP contribution in [0.5, 0.6) is 0 Å². The van der Waals surface area contributed by atoms with Crippen LogP contribution in [-0.4, -0.2) is 30.6 Å². The lowest BCUT2D eigenvalue weighted by Crippen LogP contribution is -2.29. The number of benzene rings is 1. The molecule has 1 N–H and O–H groups in total. The number of rotatable bonds is 6. The van der Waals surface area contributed by atoms with Crippen LogP contribution in [0.4, 0.5) is 5.00 Å². The van der Waals surface area contributed by atoms with Crippen molar-refractivity contribution < 1.29 is 23.9 Å². The molecule has 0 bridgehead atoms. The van der Waals surface area contributed by atoms with Crippen LogP contribution in [0.25, 0.3) is 0 Å². The van der Waals surface area contributed by atoms with E-state index in [1.807, 2.05) is 18.2 Å². The van der Waals surface area contributed by atoms with Crippen molar-refractivity contribution in [2.45, 2.75) is 52.1 Å². The fraction of sp³-hybridized carbons (Fsp3) is 0.409. The minimum atomic E-state index is -0.946. The number of ether oxygens (including phenoxy) is 2. The van der Waals surface area contributed by atoms with E-state index in [9.17, 15) is 14.4 Å². The monoisotopic (exact) mass is 415 g/mol. The number of anilines is 1. The first-order chi connectivity index (χ1) is 13.9. The maximum Gasteiger partial charge on any atom is 0.341 e. The van der Waals surface area contributed by atoms with Gasteiger partial charge >= 0.3 is 11.9 Å². The predicted molar refractivity (Wildman–Crippen MR) is 111 cm³/mol. The van der Waals surface area contributed by atoms with Crippen molar-refractivity contribution in [2.24, 2.45) is 0 Å². The molecule has 29 heavy (non-hydrogen) atoms. The molecule has 2 aromatic rings. The molecular formula is C22H25NO5S. The van der Waals surface area contributed by atoms with Crippen LogP contribution in [0, 0.1) is 0 Å². The van der Waals surface area contributed by atoms with Crippen molar-refractivity contribution in [2.75, 3.05) is 11.9 Å². The van der Waals surface area contributed by atoms with Crippen molar-refractivity contribution in [3.63, 3.8) is 0 Å². The molecule has 0 saturated carbocycles. The minimum absolute atomic E-state index is 0.257. The zero-order valence-corrected chi connectivity index (χ0v) is 17.6. The SMILES string of the molecule is CCOC(=O)c1c(NC(=O)C(C)OC(C)=O)sc2c1CCC(c1ccccc1)C2. The summed E-state index contributed by atoms with van der Waals surface area (Å²) in [5.74, 6) is -1.06. The molecule has 0 saturated heterocycles. The fourth-order valence-electron chi connectivity index (χ4n) is 3.62. The highest BCUT2D eigenvalue weighted by atomic mass is 32.1. The van der Waals surface area contributed by atoms with Gasteiger partial charge in [0.15, 0.2) is 6.10 Å². The average molecular weight is 416 g/mol. The molecule has 0 spiro atoms. The Balaban J connectivity index is 1.89. The molecule has 3 rings (SSSR count). The molecule has 1 aliphatic carbocycles. The lowest BCUT2D eigenvalue weighted by molar-refractivity contribution is -0.150. The third-order valence-corrected chi connectivity index (χ3v) is 6.13. The molecule has 0 fully saturated rings. The predicted octanol–water partition coefficient (Wildman–Crippen LogP) is 4.09. The van der Waals surface area contributed by atoms with Gasteiger partial charge in [0.1, 0.15) is 5.00 Å². The molecule has 1 heterocycles. The number of carbonyl (C=O) groups is 3. The van der Waals surface area contributed by atoms with Crippen LogP contribution in [0.15, 0.2) is 30.3 Å². The highest BCUT2D eigenvalue weighted by Crippen LogP contribution is 2.42. The van der Waals surface area contributed by atoms with E-state index in [0.29, 0.717) is 16.5 Å². The van der Waals surface area contributed by atoms with E-state index in [4.69, 9.17) is 9.47 Å². The molecule has 0 radical (unpaired) electrons. The van der Waals surface area contributed by atoms with E-state index in [0.717, 1.165) is 29.7 Å². The largest absolute Gasteiger partial charge is 0.462 e. The topological polar surface area (TPSA) is 81.7 Å². The molecule has 2 atom stereocenters. The van der Waals surface area contributed by atoms with Crippen molar-refractivity contribution in [3.05, 3.63) is 51.9 Å². The van der Waals surface area contributed by atoms with E-state index in [1.54, 1.807) is 6.92 Å². The van der Waals surface area contributed by atoms with Gasteiger partial charge in [-0.3, -0.25) is 9.59 Å². The second kappa shape index (κ2) is 9.22. The van der Waals surface area contributed by atoms with E-state index >= 15 is 0 Å². The Morgan fingerprint density at radius 3 is 2.62 bits per heavy atom. The van der Waals surface area contributed by atoms with Crippen LogP contribution in [0.2, 0.25) is 0 Å². The number of carbonyl (C=O) groups excluding carboxylic acids is 3. The van der Waals surface area contributed by atoms with Gasteiger partial charge in [0.05, 0.1) is 12.2 Å². The molecule has 1 aliphatic rings. The zero-order valence-electron chi connectivity index (χ0n) is 16.8. The average Bonchev–Trinajstić information content (AvgIpc) is 3.05. The summed E-state index contributed by atoms with van der Waals surface area (Å²) in [6.07, 6.45) is 1.54. The molecule has 6 nitrogen and oxygen atoms in total. The van der Waals surface area contributed by atoms with Crippen molar-refractivity contribution in [1.82, 2.24) is 0 Å². The van der Waals surface area contributed by atoms with Crippen molar-refractivity contribution in [3.8, 4) is 0 Å². The van der Waals surface area contributed by atoms with E-state index in [2.05, 4.69) is 17.4 Å². The molecule has 7 heteroatoms. The van der Waals surface area contributed by atoms with Gasteiger partial charge in [-0.05, 0) is 50.2 Å². The van der Waals surface area contributed by atoms with E-state index in [-0.39, 0.29) is 6.61 Å². The Hall–Kier alpha value is -2.67. The molecule has 154 valence electrons. The number of fused-ring (bicyclic) bond motifs is 1. The van der Waals surface area contributed by atoms with Crippen molar-refractivity contribution in [1.29, 1.82) is 0 Å². The zero-order chi connectivity index (χ0) is 21.0. The van der Waals surface area contributed by atoms with Crippen LogP contribution >= 0.6 is 11.3 Å². The summed E-state index contributed by atoms with van der Waals surface area (Å²) in [5, 5.41) is 3.23. The van der Waals surface area contributed by atoms with Gasteiger partial charge in [-0.1, -0.05) is 30.3 Å². The first-order valence-corrected chi connectivity index (χ1v) is 10.6. The Bertz CT molecular complexity index is 905. The maximum absolute atomic E-state index is 12.6. The second-order valence-corrected chi connectivity index (χ2v) is 8.12. The second-order valence-electron chi connectivity index (χ2n) is 7.02. The Labute approximate surface area is 174 Å². The van der Waals surface area contributed by atoms with Gasteiger partial charge in [-0.15, -0.1) is 11.3 Å². The Morgan fingerprint density at radius 1 is 1.24 bits per heavy atom. The van der Waals surface area contributed by atoms with E-state index < -0.39 is 23.9 Å². The summed E-state index contributed by atoms with van der Waals surface area (Å²) in [6.45, 7) is 4.76. The van der Waals surface area contributed by atoms with Crippen LogP contribution in [0.1, 0.15) is 59.5 Å². The number of thiophene rings is 1. The number of hydrogen-bond acceptors (Lipinski definition) is 6. The summed E-state index contributed by atoms with van der Waals surface area (Å²) in [4.78, 5) is 37.3. The van der Waals surface area contributed by atoms with Gasteiger partial charge in [0.2, 0.25) is 0 Å². The Kier molecular flexibility index (Phi) is 6.69. The molecule has 1 aromatic heterocycles. The first-order valence-electron chi connectivity index (χ1n) is 9.75. The van der Waals surface area contributed by atoms with Gasteiger partial charge in [-0.2, -0.15) is 0 Å². The van der Waals surface area contributed by atoms with E-state index in [1.165, 1.54) is 30.7 Å². The molecule has 1 amide bonds. The summed E-state index contributed by atoms with van der Waals surface area (Å²) < 4.78 is 10.2. The van der Waals surface area contributed by atoms with Crippen LogP contribution in [-0.2, 0) is 31.9 Å². The van der Waals surface area contributed by atoms with Crippen LogP contribution < -0.4 is 5.32 Å². The molecule has 0 aliphatic heterocycles. The standard InChI is InChI=1S/C22H25NO5S/c1-4-27-22(26)19-17-11-10-16(15-8-6-5-7-9-15)12-18(17)29-21(19)23-20(25)13(2)28-14(3)24/h5-9,13,16H,4,10-12H2,1-3H3,(H,23,25). The lowest BCUT2D eigenvalue weighted by atomic mass is 9.83. The number of hydrogen-bond donors (Lipinski definition) is 1. The third kappa shape index (κ3) is 4.85. The van der Waals surface area contributed by atoms with Gasteiger partial charge in [-0.25, -0.2) is 4.79 Å². The smallest absolute Gasteiger partial charge is 0.341 e. The maximum atomic E-state index is 12.6.